The van der Waals surface area contributed by atoms with Crippen LogP contribution in [0.25, 0.3) is 5.57 Å². The van der Waals surface area contributed by atoms with Crippen molar-refractivity contribution in [2.75, 3.05) is 0 Å². The van der Waals surface area contributed by atoms with E-state index >= 15 is 0 Å². The van der Waals surface area contributed by atoms with Crippen molar-refractivity contribution in [1.82, 2.24) is 0 Å². The smallest absolute Gasteiger partial charge is 0.144 e. The van der Waals surface area contributed by atoms with Crippen molar-refractivity contribution >= 4 is 27.3 Å². The average Bonchev–Trinajstić information content (AvgIpc) is 2.61. The summed E-state index contributed by atoms with van der Waals surface area (Å²) in [6.07, 6.45) is 3.90. The number of fused-ring (bicyclic) bond motifs is 2. The highest BCUT2D eigenvalue weighted by atomic mass is 79.9. The van der Waals surface area contributed by atoms with Gasteiger partial charge in [-0.15, -0.1) is 0 Å². The van der Waals surface area contributed by atoms with E-state index in [4.69, 9.17) is 0 Å². The van der Waals surface area contributed by atoms with Gasteiger partial charge in [-0.3, -0.25) is 4.79 Å². The maximum absolute atomic E-state index is 12.5. The van der Waals surface area contributed by atoms with Gasteiger partial charge in [0.2, 0.25) is 0 Å². The summed E-state index contributed by atoms with van der Waals surface area (Å²) in [6.45, 7) is 6.47. The van der Waals surface area contributed by atoms with E-state index in [0.717, 1.165) is 6.42 Å². The molecule has 2 aliphatic carbocycles. The van der Waals surface area contributed by atoms with Crippen LogP contribution in [0.4, 0.5) is 0 Å². The van der Waals surface area contributed by atoms with Crippen molar-refractivity contribution < 1.29 is 4.79 Å². The molecule has 0 saturated heterocycles. The Hall–Kier alpha value is -0.890. The predicted molar refractivity (Wildman–Crippen MR) is 82.3 cm³/mol. The summed E-state index contributed by atoms with van der Waals surface area (Å²) < 4.78 is 0. The van der Waals surface area contributed by atoms with Gasteiger partial charge in [0.05, 0.1) is 5.41 Å². The number of aryl methyl sites for hydroxylation is 1. The number of alkyl halides is 1. The van der Waals surface area contributed by atoms with Crippen LogP contribution in [0.5, 0.6) is 0 Å². The molecule has 1 nitrogen and oxygen atoms in total. The molecule has 3 atom stereocenters. The van der Waals surface area contributed by atoms with E-state index < -0.39 is 0 Å². The van der Waals surface area contributed by atoms with Crippen molar-refractivity contribution in [3.8, 4) is 0 Å². The van der Waals surface area contributed by atoms with Gasteiger partial charge in [-0.25, -0.2) is 0 Å². The lowest BCUT2D eigenvalue weighted by Gasteiger charge is -2.39. The minimum atomic E-state index is -0.297. The van der Waals surface area contributed by atoms with E-state index in [1.807, 2.05) is 0 Å². The lowest BCUT2D eigenvalue weighted by Crippen LogP contribution is -2.40. The minimum absolute atomic E-state index is 0.100. The minimum Gasteiger partial charge on any atom is -0.299 e. The lowest BCUT2D eigenvalue weighted by atomic mass is 9.66. The van der Waals surface area contributed by atoms with Gasteiger partial charge in [0.15, 0.2) is 0 Å². The van der Waals surface area contributed by atoms with Crippen LogP contribution < -0.4 is 0 Å². The summed E-state index contributed by atoms with van der Waals surface area (Å²) >= 11 is 3.71. The Morgan fingerprint density at radius 3 is 2.47 bits per heavy atom. The normalized spacial score (nSPS) is 37.4. The topological polar surface area (TPSA) is 17.1 Å². The predicted octanol–water partition coefficient (Wildman–Crippen LogP) is 4.53. The van der Waals surface area contributed by atoms with Crippen LogP contribution in [-0.2, 0) is 4.79 Å². The zero-order chi connectivity index (χ0) is 13.8. The molecule has 0 heterocycles. The number of halogens is 1. The molecule has 0 aliphatic heterocycles. The highest BCUT2D eigenvalue weighted by molar-refractivity contribution is 9.09. The fourth-order valence-corrected chi connectivity index (χ4v) is 4.19. The van der Waals surface area contributed by atoms with Gasteiger partial charge in [-0.1, -0.05) is 58.8 Å². The van der Waals surface area contributed by atoms with E-state index in [2.05, 4.69) is 67.0 Å². The van der Waals surface area contributed by atoms with Crippen LogP contribution in [-0.4, -0.2) is 10.6 Å². The lowest BCUT2D eigenvalue weighted by molar-refractivity contribution is -0.128. The molecule has 0 amide bonds. The summed E-state index contributed by atoms with van der Waals surface area (Å²) in [5.41, 5.74) is 3.48. The van der Waals surface area contributed by atoms with Crippen molar-refractivity contribution in [2.45, 2.75) is 38.4 Å². The monoisotopic (exact) mass is 318 g/mol. The zero-order valence-electron chi connectivity index (χ0n) is 11.7. The molecule has 1 saturated carbocycles. The second-order valence-corrected chi connectivity index (χ2v) is 7.64. The summed E-state index contributed by atoms with van der Waals surface area (Å²) in [4.78, 5) is 12.8. The number of benzene rings is 1. The first-order valence-corrected chi connectivity index (χ1v) is 7.74. The highest BCUT2D eigenvalue weighted by Crippen LogP contribution is 2.60. The second kappa shape index (κ2) is 4.05. The number of Topliss-reactive ketones (excluding diaryl/α,β-unsaturated/α-hetero) is 1. The number of hydrogen-bond acceptors (Lipinski definition) is 1. The summed E-state index contributed by atoms with van der Waals surface area (Å²) in [6, 6.07) is 8.54. The first-order valence-electron chi connectivity index (χ1n) is 6.83. The van der Waals surface area contributed by atoms with Crippen LogP contribution in [0, 0.1) is 17.8 Å². The third kappa shape index (κ3) is 1.84. The number of allylic oxidation sites excluding steroid dienone is 2. The molecule has 0 spiro atoms. The quantitative estimate of drug-likeness (QED) is 0.695. The maximum atomic E-state index is 12.5. The highest BCUT2D eigenvalue weighted by Gasteiger charge is 2.55. The Morgan fingerprint density at radius 1 is 1.21 bits per heavy atom. The Kier molecular flexibility index (Phi) is 2.79. The fourth-order valence-electron chi connectivity index (χ4n) is 3.60. The maximum Gasteiger partial charge on any atom is 0.144 e. The molecular formula is C17H19BrO. The van der Waals surface area contributed by atoms with Crippen LogP contribution in [0.15, 0.2) is 30.3 Å². The molecule has 1 fully saturated rings. The fraction of sp³-hybridized carbons (Fsp3) is 0.471. The largest absolute Gasteiger partial charge is 0.299 e. The molecule has 2 heteroatoms. The SMILES string of the molecule is Cc1ccc(C2=C[C@@]3(C)C[C@]2(C)C(=O)C[C@@H]3Br)cc1. The Bertz CT molecular complexity index is 571. The van der Waals surface area contributed by atoms with Gasteiger partial charge in [-0.2, -0.15) is 0 Å². The Morgan fingerprint density at radius 2 is 1.84 bits per heavy atom. The van der Waals surface area contributed by atoms with Gasteiger partial charge in [-0.05, 0) is 31.4 Å². The van der Waals surface area contributed by atoms with E-state index in [9.17, 15) is 4.79 Å². The summed E-state index contributed by atoms with van der Waals surface area (Å²) in [5, 5.41) is 0. The van der Waals surface area contributed by atoms with Crippen LogP contribution in [0.2, 0.25) is 0 Å². The van der Waals surface area contributed by atoms with Gasteiger partial charge in [0.1, 0.15) is 5.78 Å². The van der Waals surface area contributed by atoms with E-state index in [0.29, 0.717) is 12.2 Å². The summed E-state index contributed by atoms with van der Waals surface area (Å²) in [5.74, 6) is 0.371. The molecule has 1 aromatic rings. The van der Waals surface area contributed by atoms with Crippen molar-refractivity contribution in [3.63, 3.8) is 0 Å². The first-order chi connectivity index (χ1) is 8.85. The van der Waals surface area contributed by atoms with Gasteiger partial charge in [0.25, 0.3) is 0 Å². The number of carbonyl (C=O) groups excluding carboxylic acids is 1. The number of hydrogen-bond donors (Lipinski definition) is 0. The molecule has 2 bridgehead atoms. The number of carbonyl (C=O) groups is 1. The molecule has 0 radical (unpaired) electrons. The van der Waals surface area contributed by atoms with Crippen molar-refractivity contribution in [2.24, 2.45) is 10.8 Å². The number of ketones is 1. The van der Waals surface area contributed by atoms with E-state index in [-0.39, 0.29) is 15.7 Å². The molecule has 1 aromatic carbocycles. The third-order valence-corrected chi connectivity index (χ3v) is 6.23. The van der Waals surface area contributed by atoms with Crippen molar-refractivity contribution in [3.05, 3.63) is 41.5 Å². The average molecular weight is 319 g/mol. The Balaban J connectivity index is 2.13. The summed E-state index contributed by atoms with van der Waals surface area (Å²) in [7, 11) is 0. The number of rotatable bonds is 1. The van der Waals surface area contributed by atoms with Crippen molar-refractivity contribution in [1.29, 1.82) is 0 Å². The molecule has 0 unspecified atom stereocenters. The van der Waals surface area contributed by atoms with Gasteiger partial charge >= 0.3 is 0 Å². The standard InChI is InChI=1S/C17H19BrO/c1-11-4-6-12(7-5-11)13-9-16(2)10-17(13,3)15(19)8-14(16)18/h4-7,9,14H,8,10H2,1-3H3/t14-,16-,17-/m0/s1. The van der Waals surface area contributed by atoms with E-state index in [1.165, 1.54) is 16.7 Å². The van der Waals surface area contributed by atoms with Crippen LogP contribution in [0.3, 0.4) is 0 Å². The molecule has 0 aromatic heterocycles. The van der Waals surface area contributed by atoms with Crippen LogP contribution >= 0.6 is 15.9 Å². The molecule has 3 rings (SSSR count). The molecule has 2 aliphatic rings. The molecule has 19 heavy (non-hydrogen) atoms. The molecular weight excluding hydrogens is 300 g/mol. The third-order valence-electron chi connectivity index (χ3n) is 4.86. The van der Waals surface area contributed by atoms with Gasteiger partial charge in [0, 0.05) is 16.7 Å². The second-order valence-electron chi connectivity index (χ2n) is 6.53. The van der Waals surface area contributed by atoms with Gasteiger partial charge < -0.3 is 0 Å². The molecule has 0 N–H and O–H groups in total. The van der Waals surface area contributed by atoms with Crippen LogP contribution in [0.1, 0.15) is 37.8 Å². The van der Waals surface area contributed by atoms with E-state index in [1.54, 1.807) is 0 Å². The molecule has 100 valence electrons. The zero-order valence-corrected chi connectivity index (χ0v) is 13.3. The Labute approximate surface area is 123 Å². The first kappa shape index (κ1) is 13.1.